The van der Waals surface area contributed by atoms with Gasteiger partial charge in [-0.05, 0) is 42.9 Å². The molecule has 1 aliphatic carbocycles. The Bertz CT molecular complexity index is 637. The molecule has 0 unspecified atom stereocenters. The van der Waals surface area contributed by atoms with Crippen molar-refractivity contribution in [2.45, 2.75) is 51.6 Å². The third-order valence-electron chi connectivity index (χ3n) is 5.39. The van der Waals surface area contributed by atoms with Crippen molar-refractivity contribution in [2.75, 3.05) is 20.2 Å². The first-order chi connectivity index (χ1) is 10.9. The largest absolute Gasteiger partial charge is 0.378 e. The van der Waals surface area contributed by atoms with Crippen LogP contribution >= 0.6 is 0 Å². The number of fused-ring (bicyclic) bond motifs is 1. The van der Waals surface area contributed by atoms with Crippen LogP contribution in [0.1, 0.15) is 56.2 Å². The van der Waals surface area contributed by atoms with E-state index in [-0.39, 0.29) is 11.4 Å². The average Bonchev–Trinajstić information content (AvgIpc) is 2.54. The molecule has 0 atom stereocenters. The summed E-state index contributed by atoms with van der Waals surface area (Å²) >= 11 is 0. The molecule has 3 rings (SSSR count). The minimum atomic E-state index is -0.0294. The molecule has 1 saturated heterocycles. The zero-order chi connectivity index (χ0) is 16.6. The van der Waals surface area contributed by atoms with Gasteiger partial charge in [0.05, 0.1) is 5.60 Å². The van der Waals surface area contributed by atoms with Crippen LogP contribution in [0.15, 0.2) is 24.3 Å². The quantitative estimate of drug-likeness (QED) is 0.850. The highest BCUT2D eigenvalue weighted by atomic mass is 16.5. The van der Waals surface area contributed by atoms with Crippen LogP contribution in [-0.4, -0.2) is 36.5 Å². The van der Waals surface area contributed by atoms with Gasteiger partial charge in [0.1, 0.15) is 0 Å². The van der Waals surface area contributed by atoms with Gasteiger partial charge in [0, 0.05) is 44.0 Å². The third kappa shape index (κ3) is 3.20. The highest BCUT2D eigenvalue weighted by Gasteiger charge is 2.32. The minimum absolute atomic E-state index is 0.0294. The Kier molecular flexibility index (Phi) is 4.33. The van der Waals surface area contributed by atoms with Gasteiger partial charge in [-0.3, -0.25) is 4.79 Å². The van der Waals surface area contributed by atoms with E-state index in [1.807, 2.05) is 6.08 Å². The highest BCUT2D eigenvalue weighted by molar-refractivity contribution is 6.01. The van der Waals surface area contributed by atoms with Crippen molar-refractivity contribution in [3.8, 4) is 0 Å². The minimum Gasteiger partial charge on any atom is -0.378 e. The maximum atomic E-state index is 12.2. The highest BCUT2D eigenvalue weighted by Crippen LogP contribution is 2.34. The predicted octanol–water partition coefficient (Wildman–Crippen LogP) is 3.78. The average molecular weight is 313 g/mol. The van der Waals surface area contributed by atoms with Gasteiger partial charge >= 0.3 is 0 Å². The normalized spacial score (nSPS) is 20.5. The van der Waals surface area contributed by atoms with Crippen LogP contribution in [0.25, 0.3) is 5.70 Å². The van der Waals surface area contributed by atoms with E-state index in [1.54, 1.807) is 7.11 Å². The molecule has 0 aromatic heterocycles. The third-order valence-corrected chi connectivity index (χ3v) is 5.39. The summed E-state index contributed by atoms with van der Waals surface area (Å²) in [5.41, 5.74) is 4.83. The molecule has 0 spiro atoms. The first kappa shape index (κ1) is 16.3. The van der Waals surface area contributed by atoms with Gasteiger partial charge in [-0.25, -0.2) is 0 Å². The number of nitrogens with zero attached hydrogens (tertiary/aromatic N) is 1. The number of carbonyl (C=O) groups excluding carboxylic acids is 1. The molecular formula is C20H27NO2. The first-order valence-electron chi connectivity index (χ1n) is 8.60. The molecule has 2 aliphatic rings. The van der Waals surface area contributed by atoms with E-state index in [9.17, 15) is 4.79 Å². The van der Waals surface area contributed by atoms with Gasteiger partial charge in [0.25, 0.3) is 0 Å². The lowest BCUT2D eigenvalue weighted by Gasteiger charge is -2.41. The van der Waals surface area contributed by atoms with Crippen LogP contribution in [0.3, 0.4) is 0 Å². The number of hydrogen-bond donors (Lipinski definition) is 0. The molecule has 0 saturated carbocycles. The molecule has 1 aromatic carbocycles. The van der Waals surface area contributed by atoms with Crippen LogP contribution < -0.4 is 0 Å². The smallest absolute Gasteiger partial charge is 0.162 e. The number of likely N-dealkylation sites (tertiary alicyclic amines) is 1. The van der Waals surface area contributed by atoms with Gasteiger partial charge in [-0.15, -0.1) is 0 Å². The zero-order valence-electron chi connectivity index (χ0n) is 14.7. The van der Waals surface area contributed by atoms with Gasteiger partial charge in [0.15, 0.2) is 5.78 Å². The summed E-state index contributed by atoms with van der Waals surface area (Å²) in [5.74, 6) is 0.710. The fraction of sp³-hybridized carbons (Fsp3) is 0.550. The van der Waals surface area contributed by atoms with Gasteiger partial charge in [-0.1, -0.05) is 26.0 Å². The number of piperidine rings is 1. The van der Waals surface area contributed by atoms with E-state index < -0.39 is 0 Å². The van der Waals surface area contributed by atoms with Crippen molar-refractivity contribution in [1.29, 1.82) is 0 Å². The second kappa shape index (κ2) is 6.12. The molecule has 0 bridgehead atoms. The van der Waals surface area contributed by atoms with E-state index in [2.05, 4.69) is 43.9 Å². The van der Waals surface area contributed by atoms with Crippen LogP contribution in [0.2, 0.25) is 0 Å². The number of carbonyl (C=O) groups is 1. The topological polar surface area (TPSA) is 29.5 Å². The molecule has 3 heteroatoms. The molecule has 23 heavy (non-hydrogen) atoms. The fourth-order valence-electron chi connectivity index (χ4n) is 3.50. The zero-order valence-corrected chi connectivity index (χ0v) is 14.7. The second-order valence-corrected chi connectivity index (χ2v) is 7.39. The first-order valence-corrected chi connectivity index (χ1v) is 8.60. The van der Waals surface area contributed by atoms with Crippen molar-refractivity contribution in [3.63, 3.8) is 0 Å². The molecule has 1 heterocycles. The molecule has 1 fully saturated rings. The van der Waals surface area contributed by atoms with Crippen LogP contribution in [-0.2, 0) is 16.0 Å². The number of benzene rings is 1. The van der Waals surface area contributed by atoms with E-state index >= 15 is 0 Å². The number of ketones is 1. The van der Waals surface area contributed by atoms with Crippen LogP contribution in [0.5, 0.6) is 0 Å². The number of hydrogen-bond acceptors (Lipinski definition) is 3. The Balaban J connectivity index is 1.91. The number of rotatable bonds is 3. The molecule has 3 nitrogen and oxygen atoms in total. The summed E-state index contributed by atoms with van der Waals surface area (Å²) in [4.78, 5) is 14.5. The molecule has 1 aromatic rings. The number of methoxy groups -OCH3 is 1. The van der Waals surface area contributed by atoms with Crippen molar-refractivity contribution in [1.82, 2.24) is 4.90 Å². The molecular weight excluding hydrogens is 286 g/mol. The Hall–Kier alpha value is -1.61. The SMILES string of the molecule is COC1(C)CCN(C2=CC(=O)Cc3ccc(C(C)C)cc32)CC1. The van der Waals surface area contributed by atoms with Crippen molar-refractivity contribution >= 4 is 11.5 Å². The molecule has 0 N–H and O–H groups in total. The van der Waals surface area contributed by atoms with Crippen molar-refractivity contribution in [2.24, 2.45) is 0 Å². The molecule has 124 valence electrons. The lowest BCUT2D eigenvalue weighted by Crippen LogP contribution is -2.43. The Morgan fingerprint density at radius 1 is 1.22 bits per heavy atom. The summed E-state index contributed by atoms with van der Waals surface area (Å²) < 4.78 is 5.64. The standard InChI is InChI=1S/C20H27NO2/c1-14(2)15-5-6-16-11-17(22)13-19(18(16)12-15)21-9-7-20(3,23-4)8-10-21/h5-6,12-14H,7-11H2,1-4H3. The summed E-state index contributed by atoms with van der Waals surface area (Å²) in [6.45, 7) is 8.48. The summed E-state index contributed by atoms with van der Waals surface area (Å²) in [6, 6.07) is 6.58. The monoisotopic (exact) mass is 313 g/mol. The lowest BCUT2D eigenvalue weighted by molar-refractivity contribution is -0.114. The van der Waals surface area contributed by atoms with Crippen LogP contribution in [0, 0.1) is 0 Å². The predicted molar refractivity (Wildman–Crippen MR) is 93.4 cm³/mol. The van der Waals surface area contributed by atoms with Crippen molar-refractivity contribution < 1.29 is 9.53 Å². The number of ether oxygens (including phenoxy) is 1. The van der Waals surface area contributed by atoms with E-state index in [4.69, 9.17) is 4.74 Å². The van der Waals surface area contributed by atoms with Crippen molar-refractivity contribution in [3.05, 3.63) is 41.0 Å². The Morgan fingerprint density at radius 3 is 2.52 bits per heavy atom. The molecule has 0 radical (unpaired) electrons. The van der Waals surface area contributed by atoms with Gasteiger partial charge < -0.3 is 9.64 Å². The maximum absolute atomic E-state index is 12.2. The maximum Gasteiger partial charge on any atom is 0.162 e. The number of allylic oxidation sites excluding steroid dienone is 1. The second-order valence-electron chi connectivity index (χ2n) is 7.39. The summed E-state index contributed by atoms with van der Waals surface area (Å²) in [6.07, 6.45) is 4.37. The summed E-state index contributed by atoms with van der Waals surface area (Å²) in [7, 11) is 1.79. The Morgan fingerprint density at radius 2 is 1.91 bits per heavy atom. The summed E-state index contributed by atoms with van der Waals surface area (Å²) in [5, 5.41) is 0. The Labute approximate surface area is 139 Å². The van der Waals surface area contributed by atoms with E-state index in [0.717, 1.165) is 37.2 Å². The van der Waals surface area contributed by atoms with E-state index in [0.29, 0.717) is 12.3 Å². The van der Waals surface area contributed by atoms with E-state index in [1.165, 1.54) is 11.1 Å². The molecule has 1 aliphatic heterocycles. The van der Waals surface area contributed by atoms with Crippen LogP contribution in [0.4, 0.5) is 0 Å². The van der Waals surface area contributed by atoms with Gasteiger partial charge in [-0.2, -0.15) is 0 Å². The fourth-order valence-corrected chi connectivity index (χ4v) is 3.50. The molecule has 0 amide bonds. The van der Waals surface area contributed by atoms with Gasteiger partial charge in [0.2, 0.25) is 0 Å². The lowest BCUT2D eigenvalue weighted by atomic mass is 9.87.